The first kappa shape index (κ1) is 12.4. The first-order valence-corrected chi connectivity index (χ1v) is 5.86. The van der Waals surface area contributed by atoms with Crippen LogP contribution in [0.3, 0.4) is 0 Å². The Hall–Kier alpha value is -1.09. The summed E-state index contributed by atoms with van der Waals surface area (Å²) in [6, 6.07) is 7.96. The minimum absolute atomic E-state index is 0.0217. The Labute approximate surface area is 114 Å². The Bertz CT molecular complexity index is 584. The Morgan fingerprint density at radius 1 is 0.882 bits per heavy atom. The highest BCUT2D eigenvalue weighted by Crippen LogP contribution is 2.39. The molecule has 0 aliphatic heterocycles. The zero-order valence-corrected chi connectivity index (χ0v) is 10.8. The monoisotopic (exact) mass is 287 g/mol. The molecule has 0 radical (unpaired) electrons. The van der Waals surface area contributed by atoms with E-state index in [1.807, 2.05) is 0 Å². The molecule has 2 nitrogen and oxygen atoms in total. The van der Waals surface area contributed by atoms with Crippen LogP contribution in [0, 0.1) is 0 Å². The molecule has 0 saturated heterocycles. The average Bonchev–Trinajstić information content (AvgIpc) is 2.24. The minimum Gasteiger partial charge on any atom is -0.507 e. The molecule has 2 aromatic carbocycles. The molecule has 0 aliphatic rings. The standard InChI is InChI=1S/C12H8Cl3NO/c13-6-1-2-7(9(14)3-6)8-4-11(16)10(15)5-12(8)17/h1-5,17H,16H2. The van der Waals surface area contributed by atoms with Crippen LogP contribution < -0.4 is 5.73 Å². The number of halogens is 3. The van der Waals surface area contributed by atoms with Crippen LogP contribution in [0.4, 0.5) is 5.69 Å². The number of phenols is 1. The highest BCUT2D eigenvalue weighted by atomic mass is 35.5. The molecule has 0 saturated carbocycles. The summed E-state index contributed by atoms with van der Waals surface area (Å²) in [4.78, 5) is 0. The van der Waals surface area contributed by atoms with Gasteiger partial charge < -0.3 is 10.8 Å². The summed E-state index contributed by atoms with van der Waals surface area (Å²) in [6.07, 6.45) is 0. The summed E-state index contributed by atoms with van der Waals surface area (Å²) >= 11 is 17.7. The van der Waals surface area contributed by atoms with Crippen molar-refractivity contribution in [3.8, 4) is 16.9 Å². The van der Waals surface area contributed by atoms with E-state index in [0.29, 0.717) is 31.9 Å². The van der Waals surface area contributed by atoms with Crippen LogP contribution in [0.5, 0.6) is 5.75 Å². The van der Waals surface area contributed by atoms with Gasteiger partial charge >= 0.3 is 0 Å². The van der Waals surface area contributed by atoms with Gasteiger partial charge in [-0.2, -0.15) is 0 Å². The molecule has 0 atom stereocenters. The Kier molecular flexibility index (Phi) is 3.38. The topological polar surface area (TPSA) is 46.2 Å². The Morgan fingerprint density at radius 2 is 1.59 bits per heavy atom. The third kappa shape index (κ3) is 2.44. The van der Waals surface area contributed by atoms with Crippen LogP contribution in [-0.4, -0.2) is 5.11 Å². The highest BCUT2D eigenvalue weighted by Gasteiger charge is 2.11. The van der Waals surface area contributed by atoms with Gasteiger partial charge in [-0.05, 0) is 18.2 Å². The number of rotatable bonds is 1. The lowest BCUT2D eigenvalue weighted by molar-refractivity contribution is 0.477. The van der Waals surface area contributed by atoms with E-state index in [1.54, 1.807) is 24.3 Å². The maximum absolute atomic E-state index is 9.83. The summed E-state index contributed by atoms with van der Waals surface area (Å²) < 4.78 is 0. The molecule has 2 rings (SSSR count). The SMILES string of the molecule is Nc1cc(-c2ccc(Cl)cc2Cl)c(O)cc1Cl. The molecular formula is C12H8Cl3NO. The second-order valence-corrected chi connectivity index (χ2v) is 4.77. The van der Waals surface area contributed by atoms with Gasteiger partial charge in [0, 0.05) is 22.2 Å². The van der Waals surface area contributed by atoms with Gasteiger partial charge in [0.15, 0.2) is 0 Å². The van der Waals surface area contributed by atoms with Gasteiger partial charge in [0.2, 0.25) is 0 Å². The minimum atomic E-state index is 0.0217. The van der Waals surface area contributed by atoms with E-state index in [-0.39, 0.29) is 5.75 Å². The molecule has 0 aliphatic carbocycles. The lowest BCUT2D eigenvalue weighted by Crippen LogP contribution is -1.89. The van der Waals surface area contributed by atoms with E-state index in [0.717, 1.165) is 0 Å². The molecule has 0 spiro atoms. The van der Waals surface area contributed by atoms with E-state index >= 15 is 0 Å². The van der Waals surface area contributed by atoms with Crippen molar-refractivity contribution >= 4 is 40.5 Å². The number of hydrogen-bond acceptors (Lipinski definition) is 2. The maximum atomic E-state index is 9.83. The third-order valence-corrected chi connectivity index (χ3v) is 3.21. The summed E-state index contributed by atoms with van der Waals surface area (Å²) in [6.45, 7) is 0. The summed E-state index contributed by atoms with van der Waals surface area (Å²) in [5, 5.41) is 11.1. The van der Waals surface area contributed by atoms with Crippen molar-refractivity contribution in [1.29, 1.82) is 0 Å². The van der Waals surface area contributed by atoms with Gasteiger partial charge in [-0.3, -0.25) is 0 Å². The second kappa shape index (κ2) is 4.65. The predicted octanol–water partition coefficient (Wildman–Crippen LogP) is 4.60. The van der Waals surface area contributed by atoms with Crippen LogP contribution in [0.25, 0.3) is 11.1 Å². The maximum Gasteiger partial charge on any atom is 0.125 e. The van der Waals surface area contributed by atoms with E-state index in [4.69, 9.17) is 40.5 Å². The van der Waals surface area contributed by atoms with Gasteiger partial charge in [0.05, 0.1) is 15.7 Å². The normalized spacial score (nSPS) is 10.5. The lowest BCUT2D eigenvalue weighted by Gasteiger charge is -2.09. The summed E-state index contributed by atoms with van der Waals surface area (Å²) in [5.74, 6) is 0.0217. The van der Waals surface area contributed by atoms with Crippen LogP contribution in [0.2, 0.25) is 15.1 Å². The van der Waals surface area contributed by atoms with E-state index < -0.39 is 0 Å². The van der Waals surface area contributed by atoms with Gasteiger partial charge in [-0.25, -0.2) is 0 Å². The number of anilines is 1. The van der Waals surface area contributed by atoms with E-state index in [2.05, 4.69) is 0 Å². The molecule has 0 aromatic heterocycles. The highest BCUT2D eigenvalue weighted by molar-refractivity contribution is 6.36. The van der Waals surface area contributed by atoms with Gasteiger partial charge in [-0.15, -0.1) is 0 Å². The molecule has 0 unspecified atom stereocenters. The van der Waals surface area contributed by atoms with Crippen molar-refractivity contribution in [3.05, 3.63) is 45.4 Å². The second-order valence-electron chi connectivity index (χ2n) is 3.52. The molecule has 0 amide bonds. The first-order valence-electron chi connectivity index (χ1n) is 4.72. The lowest BCUT2D eigenvalue weighted by atomic mass is 10.0. The van der Waals surface area contributed by atoms with Crippen LogP contribution in [0.1, 0.15) is 0 Å². The van der Waals surface area contributed by atoms with Crippen molar-refractivity contribution in [2.75, 3.05) is 5.73 Å². The predicted molar refractivity (Wildman–Crippen MR) is 73.0 cm³/mol. The Balaban J connectivity index is 2.64. The van der Waals surface area contributed by atoms with Crippen molar-refractivity contribution in [3.63, 3.8) is 0 Å². The molecule has 0 bridgehead atoms. The van der Waals surface area contributed by atoms with Crippen LogP contribution >= 0.6 is 34.8 Å². The van der Waals surface area contributed by atoms with Crippen LogP contribution in [-0.2, 0) is 0 Å². The fourth-order valence-corrected chi connectivity index (χ4v) is 2.17. The number of nitrogen functional groups attached to an aromatic ring is 1. The zero-order valence-electron chi connectivity index (χ0n) is 8.55. The molecule has 2 aromatic rings. The molecule has 17 heavy (non-hydrogen) atoms. The van der Waals surface area contributed by atoms with Crippen molar-refractivity contribution < 1.29 is 5.11 Å². The smallest absolute Gasteiger partial charge is 0.125 e. The molecular weight excluding hydrogens is 280 g/mol. The number of benzene rings is 2. The van der Waals surface area contributed by atoms with Crippen molar-refractivity contribution in [2.24, 2.45) is 0 Å². The van der Waals surface area contributed by atoms with Crippen molar-refractivity contribution in [2.45, 2.75) is 0 Å². The number of hydrogen-bond donors (Lipinski definition) is 2. The number of nitrogens with two attached hydrogens (primary N) is 1. The molecule has 0 fully saturated rings. The van der Waals surface area contributed by atoms with Gasteiger partial charge in [-0.1, -0.05) is 40.9 Å². The average molecular weight is 289 g/mol. The Morgan fingerprint density at radius 3 is 2.24 bits per heavy atom. The third-order valence-electron chi connectivity index (χ3n) is 2.34. The summed E-state index contributed by atoms with van der Waals surface area (Å²) in [5.41, 5.74) is 7.25. The van der Waals surface area contributed by atoms with Crippen LogP contribution in [0.15, 0.2) is 30.3 Å². The quantitative estimate of drug-likeness (QED) is 0.595. The number of phenolic OH excluding ortho intramolecular Hbond substituents is 1. The van der Waals surface area contributed by atoms with Gasteiger partial charge in [0.1, 0.15) is 5.75 Å². The van der Waals surface area contributed by atoms with E-state index in [9.17, 15) is 5.11 Å². The van der Waals surface area contributed by atoms with E-state index in [1.165, 1.54) is 6.07 Å². The van der Waals surface area contributed by atoms with Gasteiger partial charge in [0.25, 0.3) is 0 Å². The fraction of sp³-hybridized carbons (Fsp3) is 0. The molecule has 88 valence electrons. The van der Waals surface area contributed by atoms with Crippen molar-refractivity contribution in [1.82, 2.24) is 0 Å². The number of aromatic hydroxyl groups is 1. The largest absolute Gasteiger partial charge is 0.507 e. The first-order chi connectivity index (χ1) is 7.99. The molecule has 5 heteroatoms. The molecule has 0 heterocycles. The summed E-state index contributed by atoms with van der Waals surface area (Å²) in [7, 11) is 0. The zero-order chi connectivity index (χ0) is 12.6. The fourth-order valence-electron chi connectivity index (χ4n) is 1.50. The molecule has 3 N–H and O–H groups in total.